The summed E-state index contributed by atoms with van der Waals surface area (Å²) in [4.78, 5) is 4.39. The number of anilines is 1. The van der Waals surface area contributed by atoms with E-state index in [4.69, 9.17) is 24.7 Å². The van der Waals surface area contributed by atoms with Crippen LogP contribution in [0.15, 0.2) is 48.7 Å². The van der Waals surface area contributed by atoms with E-state index in [1.54, 1.807) is 41.2 Å². The number of benzene rings is 2. The number of hydrogen-bond donors (Lipinski definition) is 1. The van der Waals surface area contributed by atoms with Crippen LogP contribution in [-0.2, 0) is 22.8 Å². The van der Waals surface area contributed by atoms with Crippen LogP contribution in [-0.4, -0.2) is 47.2 Å². The molecule has 1 fully saturated rings. The minimum atomic E-state index is -1.18. The second-order valence-corrected chi connectivity index (χ2v) is 17.7. The van der Waals surface area contributed by atoms with Crippen molar-refractivity contribution in [3.8, 4) is 34.6 Å². The predicted molar refractivity (Wildman–Crippen MR) is 168 cm³/mol. The van der Waals surface area contributed by atoms with Gasteiger partial charge in [-0.1, -0.05) is 19.6 Å². The van der Waals surface area contributed by atoms with E-state index in [-0.39, 0.29) is 18.4 Å². The van der Waals surface area contributed by atoms with Crippen molar-refractivity contribution in [1.82, 2.24) is 19.3 Å². The number of nitrogens with zero attached hydrogens (tertiary/aromatic N) is 5. The van der Waals surface area contributed by atoms with Crippen LogP contribution in [0, 0.1) is 24.1 Å². The fourth-order valence-electron chi connectivity index (χ4n) is 4.96. The number of nitrogens with two attached hydrogens (primary N) is 1. The summed E-state index contributed by atoms with van der Waals surface area (Å²) in [5.41, 5.74) is 8.72. The summed E-state index contributed by atoms with van der Waals surface area (Å²) < 4.78 is 41.5. The number of nitriles is 1. The van der Waals surface area contributed by atoms with E-state index >= 15 is 0 Å². The Morgan fingerprint density at radius 2 is 1.82 bits per heavy atom. The maximum atomic E-state index is 14.5. The molecule has 0 amide bonds. The first-order valence-corrected chi connectivity index (χ1v) is 18.5. The lowest BCUT2D eigenvalue weighted by Crippen LogP contribution is -2.22. The third-order valence-electron chi connectivity index (χ3n) is 7.55. The lowest BCUT2D eigenvalue weighted by molar-refractivity contribution is 0.0669. The standard InChI is InChI=1S/C32H39FN6O4Si/c1-22-36-19-26(38(22)21-41-13-14-44(2,3)4)20-42-28-15-24(33)16-29(17-28)43-27-7-5-23(6-8-27)31-30(18-34)32(35)39(37-31)25-9-11-40-12-10-25/h5-8,15-17,19,25H,9-14,20-21,35H2,1-4H3. The molecule has 1 saturated heterocycles. The summed E-state index contributed by atoms with van der Waals surface area (Å²) in [6.45, 7) is 11.4. The predicted octanol–water partition coefficient (Wildman–Crippen LogP) is 6.68. The van der Waals surface area contributed by atoms with E-state index in [1.807, 2.05) is 11.5 Å². The fraction of sp³-hybridized carbons (Fsp3) is 0.406. The molecule has 1 aliphatic rings. The summed E-state index contributed by atoms with van der Waals surface area (Å²) in [5.74, 6) is 1.80. The number of ether oxygens (including phenoxy) is 4. The summed E-state index contributed by atoms with van der Waals surface area (Å²) in [5, 5.41) is 14.5. The van der Waals surface area contributed by atoms with Crippen molar-refractivity contribution in [3.05, 3.63) is 71.6 Å². The molecule has 0 atom stereocenters. The maximum absolute atomic E-state index is 14.5. The molecule has 44 heavy (non-hydrogen) atoms. The van der Waals surface area contributed by atoms with Gasteiger partial charge in [0.15, 0.2) is 0 Å². The van der Waals surface area contributed by atoms with E-state index < -0.39 is 13.9 Å². The number of imidazole rings is 1. The zero-order chi connectivity index (χ0) is 31.3. The molecule has 0 radical (unpaired) electrons. The van der Waals surface area contributed by atoms with Crippen molar-refractivity contribution in [2.24, 2.45) is 0 Å². The van der Waals surface area contributed by atoms with Crippen molar-refractivity contribution in [2.45, 2.75) is 64.8 Å². The molecule has 1 aliphatic heterocycles. The molecule has 0 unspecified atom stereocenters. The molecule has 0 aliphatic carbocycles. The Morgan fingerprint density at radius 1 is 1.09 bits per heavy atom. The quantitative estimate of drug-likeness (QED) is 0.138. The highest BCUT2D eigenvalue weighted by atomic mass is 28.3. The van der Waals surface area contributed by atoms with Gasteiger partial charge in [-0.05, 0) is 50.1 Å². The maximum Gasteiger partial charge on any atom is 0.140 e. The van der Waals surface area contributed by atoms with Crippen LogP contribution in [0.3, 0.4) is 0 Å². The summed E-state index contributed by atoms with van der Waals surface area (Å²) in [6.07, 6.45) is 3.32. The Labute approximate surface area is 258 Å². The largest absolute Gasteiger partial charge is 0.487 e. The summed E-state index contributed by atoms with van der Waals surface area (Å²) in [7, 11) is -1.18. The Kier molecular flexibility index (Phi) is 9.68. The van der Waals surface area contributed by atoms with Gasteiger partial charge in [-0.2, -0.15) is 10.4 Å². The average Bonchev–Trinajstić information content (AvgIpc) is 3.52. The molecule has 4 aromatic rings. The van der Waals surface area contributed by atoms with Crippen LogP contribution in [0.5, 0.6) is 17.2 Å². The number of hydrogen-bond acceptors (Lipinski definition) is 8. The van der Waals surface area contributed by atoms with Crippen molar-refractivity contribution >= 4 is 13.9 Å². The molecule has 232 valence electrons. The smallest absolute Gasteiger partial charge is 0.140 e. The molecule has 0 spiro atoms. The van der Waals surface area contributed by atoms with Crippen LogP contribution < -0.4 is 15.2 Å². The molecular weight excluding hydrogens is 579 g/mol. The topological polar surface area (TPSA) is 122 Å². The van der Waals surface area contributed by atoms with Crippen molar-refractivity contribution < 1.29 is 23.3 Å². The van der Waals surface area contributed by atoms with Gasteiger partial charge >= 0.3 is 0 Å². The van der Waals surface area contributed by atoms with Gasteiger partial charge in [-0.25, -0.2) is 14.1 Å². The minimum absolute atomic E-state index is 0.0919. The second-order valence-electron chi connectivity index (χ2n) is 12.1. The molecule has 2 aromatic carbocycles. The van der Waals surface area contributed by atoms with E-state index in [0.29, 0.717) is 55.1 Å². The van der Waals surface area contributed by atoms with Crippen molar-refractivity contribution in [1.29, 1.82) is 5.26 Å². The van der Waals surface area contributed by atoms with Gasteiger partial charge in [0.05, 0.1) is 17.9 Å². The highest BCUT2D eigenvalue weighted by Gasteiger charge is 2.24. The highest BCUT2D eigenvalue weighted by molar-refractivity contribution is 6.76. The van der Waals surface area contributed by atoms with Crippen LogP contribution in [0.1, 0.15) is 36.0 Å². The number of aromatic nitrogens is 4. The van der Waals surface area contributed by atoms with E-state index in [9.17, 15) is 9.65 Å². The first-order chi connectivity index (χ1) is 21.1. The van der Waals surface area contributed by atoms with Crippen molar-refractivity contribution in [3.63, 3.8) is 0 Å². The van der Waals surface area contributed by atoms with Gasteiger partial charge in [0.1, 0.15) is 65.4 Å². The van der Waals surface area contributed by atoms with E-state index in [2.05, 4.69) is 35.8 Å². The molecule has 3 heterocycles. The second kappa shape index (κ2) is 13.6. The first kappa shape index (κ1) is 31.2. The van der Waals surface area contributed by atoms with Crippen LogP contribution in [0.4, 0.5) is 10.2 Å². The van der Waals surface area contributed by atoms with Crippen molar-refractivity contribution in [2.75, 3.05) is 25.6 Å². The van der Waals surface area contributed by atoms with Gasteiger partial charge in [0.2, 0.25) is 0 Å². The first-order valence-electron chi connectivity index (χ1n) is 14.8. The molecule has 5 rings (SSSR count). The molecular formula is C32H39FN6O4Si. The molecule has 2 N–H and O–H groups in total. The van der Waals surface area contributed by atoms with Gasteiger partial charge in [0.25, 0.3) is 0 Å². The Balaban J connectivity index is 1.24. The highest BCUT2D eigenvalue weighted by Crippen LogP contribution is 2.34. The van der Waals surface area contributed by atoms with Crippen LogP contribution >= 0.6 is 0 Å². The molecule has 10 nitrogen and oxygen atoms in total. The molecule has 0 bridgehead atoms. The minimum Gasteiger partial charge on any atom is -0.487 e. The zero-order valence-corrected chi connectivity index (χ0v) is 26.7. The number of halogens is 1. The molecule has 12 heteroatoms. The third kappa shape index (κ3) is 7.66. The summed E-state index contributed by atoms with van der Waals surface area (Å²) in [6, 6.07) is 14.7. The van der Waals surface area contributed by atoms with Gasteiger partial charge in [0, 0.05) is 51.7 Å². The lowest BCUT2D eigenvalue weighted by atomic mass is 10.1. The fourth-order valence-corrected chi connectivity index (χ4v) is 5.72. The van der Waals surface area contributed by atoms with E-state index in [1.165, 1.54) is 12.1 Å². The number of aryl methyl sites for hydroxylation is 1. The Bertz CT molecular complexity index is 1620. The summed E-state index contributed by atoms with van der Waals surface area (Å²) >= 11 is 0. The SMILES string of the molecule is Cc1ncc(COc2cc(F)cc(Oc3ccc(-c4nn(C5CCOCC5)c(N)c4C#N)cc3)c2)n1COCC[Si](C)(C)C. The van der Waals surface area contributed by atoms with Gasteiger partial charge in [-0.3, -0.25) is 0 Å². The normalized spacial score (nSPS) is 14.0. The number of rotatable bonds is 12. The molecule has 0 saturated carbocycles. The third-order valence-corrected chi connectivity index (χ3v) is 9.25. The lowest BCUT2D eigenvalue weighted by Gasteiger charge is -2.23. The van der Waals surface area contributed by atoms with Gasteiger partial charge in [-0.15, -0.1) is 0 Å². The van der Waals surface area contributed by atoms with Crippen LogP contribution in [0.2, 0.25) is 25.7 Å². The molecule has 2 aromatic heterocycles. The number of nitrogen functional groups attached to an aromatic ring is 1. The average molecular weight is 619 g/mol. The van der Waals surface area contributed by atoms with Gasteiger partial charge < -0.3 is 29.2 Å². The Morgan fingerprint density at radius 3 is 2.52 bits per heavy atom. The Hall–Kier alpha value is -4.18. The van der Waals surface area contributed by atoms with Crippen LogP contribution in [0.25, 0.3) is 11.3 Å². The van der Waals surface area contributed by atoms with E-state index in [0.717, 1.165) is 36.0 Å². The zero-order valence-electron chi connectivity index (χ0n) is 25.7. The monoisotopic (exact) mass is 618 g/mol.